The Labute approximate surface area is 111 Å². The van der Waals surface area contributed by atoms with Crippen molar-refractivity contribution in [1.82, 2.24) is 5.32 Å². The number of hydrogen-bond acceptors (Lipinski definition) is 2. The molecule has 0 bridgehead atoms. The molecule has 1 aliphatic carbocycles. The van der Waals surface area contributed by atoms with Crippen LogP contribution in [-0.2, 0) is 6.42 Å². The molecule has 0 saturated heterocycles. The summed E-state index contributed by atoms with van der Waals surface area (Å²) in [6.45, 7) is 7.01. The van der Waals surface area contributed by atoms with Gasteiger partial charge in [-0.25, -0.2) is 0 Å². The summed E-state index contributed by atoms with van der Waals surface area (Å²) in [4.78, 5) is 0. The maximum absolute atomic E-state index is 5.77. The van der Waals surface area contributed by atoms with Crippen molar-refractivity contribution in [3.05, 3.63) is 29.8 Å². The predicted octanol–water partition coefficient (Wildman–Crippen LogP) is 3.23. The van der Waals surface area contributed by atoms with Gasteiger partial charge >= 0.3 is 0 Å². The summed E-state index contributed by atoms with van der Waals surface area (Å²) in [6.07, 6.45) is 5.13. The van der Waals surface area contributed by atoms with Gasteiger partial charge in [-0.05, 0) is 61.3 Å². The number of nitrogens with one attached hydrogen (secondary N) is 1. The molecule has 2 heteroatoms. The van der Waals surface area contributed by atoms with Gasteiger partial charge in [0, 0.05) is 12.2 Å². The van der Waals surface area contributed by atoms with Gasteiger partial charge in [0.15, 0.2) is 0 Å². The molecule has 18 heavy (non-hydrogen) atoms. The van der Waals surface area contributed by atoms with E-state index < -0.39 is 0 Å². The van der Waals surface area contributed by atoms with Crippen molar-refractivity contribution in [3.8, 4) is 0 Å². The zero-order valence-electron chi connectivity index (χ0n) is 11.7. The van der Waals surface area contributed by atoms with E-state index in [1.165, 1.54) is 31.4 Å². The molecule has 100 valence electrons. The second kappa shape index (κ2) is 5.75. The maximum Gasteiger partial charge on any atom is 0.0316 e. The topological polar surface area (TPSA) is 38.0 Å². The summed E-state index contributed by atoms with van der Waals surface area (Å²) < 4.78 is 0. The number of nitrogen functional groups attached to an aromatic ring is 1. The van der Waals surface area contributed by atoms with E-state index in [1.54, 1.807) is 0 Å². The third-order valence-corrected chi connectivity index (χ3v) is 4.36. The van der Waals surface area contributed by atoms with E-state index in [0.29, 0.717) is 5.41 Å². The van der Waals surface area contributed by atoms with E-state index in [2.05, 4.69) is 31.3 Å². The largest absolute Gasteiger partial charge is 0.399 e. The van der Waals surface area contributed by atoms with E-state index in [4.69, 9.17) is 5.73 Å². The first-order valence-corrected chi connectivity index (χ1v) is 7.17. The smallest absolute Gasteiger partial charge is 0.0316 e. The lowest BCUT2D eigenvalue weighted by atomic mass is 9.92. The number of aryl methyl sites for hydroxylation is 1. The van der Waals surface area contributed by atoms with Crippen molar-refractivity contribution < 1.29 is 0 Å². The highest BCUT2D eigenvalue weighted by atomic mass is 14.9. The number of nitrogens with two attached hydrogens (primary N) is 1. The Bertz CT molecular complexity index is 380. The van der Waals surface area contributed by atoms with Gasteiger partial charge in [0.05, 0.1) is 0 Å². The molecule has 0 amide bonds. The van der Waals surface area contributed by atoms with Gasteiger partial charge in [-0.15, -0.1) is 0 Å². The third kappa shape index (κ3) is 3.49. The van der Waals surface area contributed by atoms with E-state index in [9.17, 15) is 0 Å². The molecule has 1 fully saturated rings. The first-order valence-electron chi connectivity index (χ1n) is 7.17. The van der Waals surface area contributed by atoms with Gasteiger partial charge in [0.2, 0.25) is 0 Å². The first-order chi connectivity index (χ1) is 8.62. The van der Waals surface area contributed by atoms with Crippen molar-refractivity contribution in [3.63, 3.8) is 0 Å². The van der Waals surface area contributed by atoms with Crippen molar-refractivity contribution in [1.29, 1.82) is 0 Å². The second-order valence-electron chi connectivity index (χ2n) is 6.04. The molecule has 1 aliphatic rings. The molecule has 2 nitrogen and oxygen atoms in total. The molecular formula is C16H26N2. The molecule has 1 aromatic carbocycles. The molecule has 0 atom stereocenters. The molecule has 1 aromatic rings. The molecule has 3 N–H and O–H groups in total. The summed E-state index contributed by atoms with van der Waals surface area (Å²) in [6, 6.07) is 8.22. The number of benzene rings is 1. The van der Waals surface area contributed by atoms with E-state index in [1.807, 2.05) is 12.1 Å². The lowest BCUT2D eigenvalue weighted by Crippen LogP contribution is -2.28. The lowest BCUT2D eigenvalue weighted by molar-refractivity contribution is 0.338. The lowest BCUT2D eigenvalue weighted by Gasteiger charge is -2.20. The van der Waals surface area contributed by atoms with Gasteiger partial charge in [-0.3, -0.25) is 0 Å². The Morgan fingerprint density at radius 3 is 2.72 bits per heavy atom. The van der Waals surface area contributed by atoms with Crippen LogP contribution in [0.5, 0.6) is 0 Å². The highest BCUT2D eigenvalue weighted by Crippen LogP contribution is 2.51. The van der Waals surface area contributed by atoms with Crippen molar-refractivity contribution >= 4 is 5.69 Å². The minimum atomic E-state index is 0.622. The van der Waals surface area contributed by atoms with Crippen LogP contribution in [0.15, 0.2) is 24.3 Å². The summed E-state index contributed by atoms with van der Waals surface area (Å²) in [5.41, 5.74) is 8.62. The average Bonchev–Trinajstić information content (AvgIpc) is 3.10. The van der Waals surface area contributed by atoms with Crippen LogP contribution in [0.3, 0.4) is 0 Å². The minimum absolute atomic E-state index is 0.622. The highest BCUT2D eigenvalue weighted by Gasteiger charge is 2.44. The summed E-state index contributed by atoms with van der Waals surface area (Å²) >= 11 is 0. The van der Waals surface area contributed by atoms with Gasteiger partial charge in [0.25, 0.3) is 0 Å². The van der Waals surface area contributed by atoms with Crippen LogP contribution in [-0.4, -0.2) is 13.1 Å². The van der Waals surface area contributed by atoms with Crippen LogP contribution in [0.2, 0.25) is 0 Å². The summed E-state index contributed by atoms with van der Waals surface area (Å²) in [5.74, 6) is 0.818. The van der Waals surface area contributed by atoms with Crippen molar-refractivity contribution in [2.24, 2.45) is 11.3 Å². The molecule has 0 unspecified atom stereocenters. The normalized spacial score (nSPS) is 17.1. The molecule has 2 rings (SSSR count). The Balaban J connectivity index is 1.62. The molecular weight excluding hydrogens is 220 g/mol. The van der Waals surface area contributed by atoms with Crippen LogP contribution in [0.1, 0.15) is 38.7 Å². The third-order valence-electron chi connectivity index (χ3n) is 4.36. The molecule has 0 radical (unpaired) electrons. The van der Waals surface area contributed by atoms with Crippen molar-refractivity contribution in [2.45, 2.75) is 39.5 Å². The van der Waals surface area contributed by atoms with Gasteiger partial charge in [-0.2, -0.15) is 0 Å². The molecule has 0 aromatic heterocycles. The molecule has 0 spiro atoms. The van der Waals surface area contributed by atoms with Crippen LogP contribution >= 0.6 is 0 Å². The number of rotatable bonds is 7. The van der Waals surface area contributed by atoms with Gasteiger partial charge in [0.1, 0.15) is 0 Å². The Morgan fingerprint density at radius 2 is 2.11 bits per heavy atom. The van der Waals surface area contributed by atoms with Gasteiger partial charge < -0.3 is 11.1 Å². The van der Waals surface area contributed by atoms with E-state index >= 15 is 0 Å². The van der Waals surface area contributed by atoms with E-state index in [-0.39, 0.29) is 0 Å². The zero-order valence-corrected chi connectivity index (χ0v) is 11.7. The standard InChI is InChI=1S/C16H26N2/c1-13(2)16(8-9-16)12-18-10-4-6-14-5-3-7-15(17)11-14/h3,5,7,11,13,18H,4,6,8-10,12,17H2,1-2H3. The summed E-state index contributed by atoms with van der Waals surface area (Å²) in [5, 5.41) is 3.62. The SMILES string of the molecule is CC(C)C1(CNCCCc2cccc(N)c2)CC1. The Kier molecular flexibility index (Phi) is 4.28. The fourth-order valence-electron chi connectivity index (χ4n) is 2.62. The fourth-order valence-corrected chi connectivity index (χ4v) is 2.62. The van der Waals surface area contributed by atoms with Crippen LogP contribution in [0.25, 0.3) is 0 Å². The van der Waals surface area contributed by atoms with Crippen LogP contribution in [0.4, 0.5) is 5.69 Å². The Hall–Kier alpha value is -1.02. The number of hydrogen-bond donors (Lipinski definition) is 2. The zero-order chi connectivity index (χ0) is 13.0. The number of anilines is 1. The molecule has 1 saturated carbocycles. The first kappa shape index (κ1) is 13.4. The average molecular weight is 246 g/mol. The minimum Gasteiger partial charge on any atom is -0.399 e. The highest BCUT2D eigenvalue weighted by molar-refractivity contribution is 5.40. The predicted molar refractivity (Wildman–Crippen MR) is 78.6 cm³/mol. The van der Waals surface area contributed by atoms with Crippen LogP contribution in [0, 0.1) is 11.3 Å². The second-order valence-corrected chi connectivity index (χ2v) is 6.04. The van der Waals surface area contributed by atoms with E-state index in [0.717, 1.165) is 24.6 Å². The Morgan fingerprint density at radius 1 is 1.33 bits per heavy atom. The van der Waals surface area contributed by atoms with Crippen LogP contribution < -0.4 is 11.1 Å². The molecule has 0 heterocycles. The van der Waals surface area contributed by atoms with Gasteiger partial charge in [-0.1, -0.05) is 26.0 Å². The van der Waals surface area contributed by atoms with Crippen molar-refractivity contribution in [2.75, 3.05) is 18.8 Å². The summed E-state index contributed by atoms with van der Waals surface area (Å²) in [7, 11) is 0. The monoisotopic (exact) mass is 246 g/mol. The molecule has 0 aliphatic heterocycles. The maximum atomic E-state index is 5.77. The fraction of sp³-hybridized carbons (Fsp3) is 0.625. The quantitative estimate of drug-likeness (QED) is 0.572.